The molecule has 3 heterocycles. The van der Waals surface area contributed by atoms with E-state index in [0.717, 1.165) is 69.8 Å². The number of nitro benzene ring substituents is 1. The molecular formula is C21H30N4O3. The number of anilines is 1. The van der Waals surface area contributed by atoms with Gasteiger partial charge in [0.25, 0.3) is 5.69 Å². The first kappa shape index (κ1) is 19.4. The first-order valence-electron chi connectivity index (χ1n) is 10.3. The molecule has 0 bridgehead atoms. The van der Waals surface area contributed by atoms with E-state index in [-0.39, 0.29) is 10.6 Å². The maximum absolute atomic E-state index is 11.3. The summed E-state index contributed by atoms with van der Waals surface area (Å²) in [6.45, 7) is 7.92. The van der Waals surface area contributed by atoms with Crippen LogP contribution < -0.4 is 4.90 Å². The van der Waals surface area contributed by atoms with Gasteiger partial charge in [-0.25, -0.2) is 0 Å². The van der Waals surface area contributed by atoms with Crippen molar-refractivity contribution in [3.63, 3.8) is 0 Å². The third-order valence-corrected chi connectivity index (χ3v) is 6.36. The molecule has 0 N–H and O–H groups in total. The zero-order valence-corrected chi connectivity index (χ0v) is 16.7. The van der Waals surface area contributed by atoms with Crippen LogP contribution in [0.4, 0.5) is 11.4 Å². The van der Waals surface area contributed by atoms with Crippen LogP contribution in [-0.4, -0.2) is 80.3 Å². The van der Waals surface area contributed by atoms with Crippen molar-refractivity contribution in [3.05, 3.63) is 40.0 Å². The van der Waals surface area contributed by atoms with Gasteiger partial charge in [0, 0.05) is 68.7 Å². The Morgan fingerprint density at radius 2 is 1.86 bits per heavy atom. The van der Waals surface area contributed by atoms with Crippen molar-refractivity contribution in [2.75, 3.05) is 64.4 Å². The summed E-state index contributed by atoms with van der Waals surface area (Å²) in [5.41, 5.74) is 3.48. The fourth-order valence-electron chi connectivity index (χ4n) is 4.60. The highest BCUT2D eigenvalue weighted by Gasteiger charge is 2.28. The van der Waals surface area contributed by atoms with Gasteiger partial charge in [0.15, 0.2) is 0 Å². The first-order valence-corrected chi connectivity index (χ1v) is 10.3. The molecule has 7 nitrogen and oxygen atoms in total. The zero-order chi connectivity index (χ0) is 19.5. The Kier molecular flexibility index (Phi) is 5.94. The van der Waals surface area contributed by atoms with Gasteiger partial charge in [0.05, 0.1) is 18.1 Å². The minimum absolute atomic E-state index is 0.165. The number of non-ortho nitro benzene ring substituents is 1. The van der Waals surface area contributed by atoms with Crippen LogP contribution in [0.1, 0.15) is 24.8 Å². The van der Waals surface area contributed by atoms with Crippen LogP contribution >= 0.6 is 0 Å². The Morgan fingerprint density at radius 3 is 2.50 bits per heavy atom. The van der Waals surface area contributed by atoms with Crippen LogP contribution in [0.3, 0.4) is 0 Å². The Labute approximate surface area is 166 Å². The van der Waals surface area contributed by atoms with E-state index in [1.165, 1.54) is 5.57 Å². The van der Waals surface area contributed by atoms with Crippen molar-refractivity contribution >= 4 is 16.9 Å². The molecule has 0 unspecified atom stereocenters. The molecule has 3 aliphatic rings. The number of nitrogens with zero attached hydrogens (tertiary/aromatic N) is 4. The topological polar surface area (TPSA) is 62.1 Å². The van der Waals surface area contributed by atoms with E-state index in [1.807, 2.05) is 6.07 Å². The van der Waals surface area contributed by atoms with Crippen molar-refractivity contribution in [1.82, 2.24) is 9.80 Å². The van der Waals surface area contributed by atoms with Gasteiger partial charge >= 0.3 is 0 Å². The largest absolute Gasteiger partial charge is 0.377 e. The number of hydrogen-bond acceptors (Lipinski definition) is 6. The lowest BCUT2D eigenvalue weighted by atomic mass is 9.96. The van der Waals surface area contributed by atoms with E-state index in [1.54, 1.807) is 12.1 Å². The second kappa shape index (κ2) is 8.59. The van der Waals surface area contributed by atoms with Crippen LogP contribution in [0.5, 0.6) is 0 Å². The molecule has 152 valence electrons. The molecule has 0 spiro atoms. The predicted octanol–water partition coefficient (Wildman–Crippen LogP) is 2.61. The van der Waals surface area contributed by atoms with E-state index in [9.17, 15) is 10.1 Å². The number of piperazine rings is 1. The van der Waals surface area contributed by atoms with Gasteiger partial charge in [0.2, 0.25) is 0 Å². The molecule has 0 atom stereocenters. The van der Waals surface area contributed by atoms with E-state index < -0.39 is 0 Å². The summed E-state index contributed by atoms with van der Waals surface area (Å²) in [6, 6.07) is 6.00. The lowest BCUT2D eigenvalue weighted by molar-refractivity contribution is -0.384. The van der Waals surface area contributed by atoms with Gasteiger partial charge in [-0.15, -0.1) is 0 Å². The molecule has 2 fully saturated rings. The normalized spacial score (nSPS) is 22.9. The van der Waals surface area contributed by atoms with E-state index >= 15 is 0 Å². The summed E-state index contributed by atoms with van der Waals surface area (Å²) in [5.74, 6) is 0. The molecule has 1 aromatic carbocycles. The Balaban J connectivity index is 1.50. The predicted molar refractivity (Wildman–Crippen MR) is 111 cm³/mol. The van der Waals surface area contributed by atoms with E-state index in [4.69, 9.17) is 4.74 Å². The standard InChI is InChI=1S/C21H30N4O3/c1-22-10-12-23(13-11-22)18-4-8-24(9-5-18)21-3-2-19(25(26)27)16-20(21)17-6-14-28-15-7-17/h2-3,6,16,18H,4-5,7-15H2,1H3. The fourth-order valence-corrected chi connectivity index (χ4v) is 4.60. The highest BCUT2D eigenvalue weighted by molar-refractivity contribution is 5.79. The number of hydrogen-bond donors (Lipinski definition) is 0. The van der Waals surface area contributed by atoms with Gasteiger partial charge in [-0.2, -0.15) is 0 Å². The van der Waals surface area contributed by atoms with Gasteiger partial charge < -0.3 is 14.5 Å². The highest BCUT2D eigenvalue weighted by Crippen LogP contribution is 2.35. The van der Waals surface area contributed by atoms with Crippen LogP contribution in [0, 0.1) is 10.1 Å². The lowest BCUT2D eigenvalue weighted by Crippen LogP contribution is -2.52. The number of likely N-dealkylation sites (N-methyl/N-ethyl adjacent to an activating group) is 1. The van der Waals surface area contributed by atoms with Crippen molar-refractivity contribution in [3.8, 4) is 0 Å². The third-order valence-electron chi connectivity index (χ3n) is 6.36. The molecule has 0 aromatic heterocycles. The molecule has 7 heteroatoms. The van der Waals surface area contributed by atoms with Gasteiger partial charge in [-0.1, -0.05) is 6.08 Å². The SMILES string of the molecule is CN1CCN(C2CCN(c3ccc([N+](=O)[O-])cc3C3=CCOCC3)CC2)CC1. The monoisotopic (exact) mass is 386 g/mol. The molecule has 1 aromatic rings. The molecule has 0 saturated carbocycles. The van der Waals surface area contributed by atoms with E-state index in [0.29, 0.717) is 19.3 Å². The van der Waals surface area contributed by atoms with Crippen LogP contribution in [0.2, 0.25) is 0 Å². The molecule has 0 amide bonds. The van der Waals surface area contributed by atoms with Gasteiger partial charge in [0.1, 0.15) is 0 Å². The van der Waals surface area contributed by atoms with Crippen molar-refractivity contribution in [2.45, 2.75) is 25.3 Å². The molecule has 4 rings (SSSR count). The Morgan fingerprint density at radius 1 is 1.11 bits per heavy atom. The number of piperidine rings is 1. The van der Waals surface area contributed by atoms with Crippen LogP contribution in [0.15, 0.2) is 24.3 Å². The summed E-state index contributed by atoms with van der Waals surface area (Å²) in [7, 11) is 2.20. The lowest BCUT2D eigenvalue weighted by Gasteiger charge is -2.43. The van der Waals surface area contributed by atoms with Crippen LogP contribution in [0.25, 0.3) is 5.57 Å². The molecule has 28 heavy (non-hydrogen) atoms. The quantitative estimate of drug-likeness (QED) is 0.586. The number of nitro groups is 1. The fraction of sp³-hybridized carbons (Fsp3) is 0.619. The molecule has 2 saturated heterocycles. The first-order chi connectivity index (χ1) is 13.6. The van der Waals surface area contributed by atoms with Crippen LogP contribution in [-0.2, 0) is 4.74 Å². The third kappa shape index (κ3) is 4.21. The molecule has 3 aliphatic heterocycles. The minimum Gasteiger partial charge on any atom is -0.377 e. The van der Waals surface area contributed by atoms with E-state index in [2.05, 4.69) is 27.8 Å². The molecular weight excluding hydrogens is 356 g/mol. The average molecular weight is 386 g/mol. The van der Waals surface area contributed by atoms with Gasteiger partial charge in [-0.3, -0.25) is 15.0 Å². The number of rotatable bonds is 4. The smallest absolute Gasteiger partial charge is 0.270 e. The van der Waals surface area contributed by atoms with Crippen molar-refractivity contribution < 1.29 is 9.66 Å². The minimum atomic E-state index is -0.299. The summed E-state index contributed by atoms with van der Waals surface area (Å²) >= 11 is 0. The summed E-state index contributed by atoms with van der Waals surface area (Å²) in [4.78, 5) is 18.5. The Bertz CT molecular complexity index is 735. The highest BCUT2D eigenvalue weighted by atomic mass is 16.6. The maximum Gasteiger partial charge on any atom is 0.270 e. The average Bonchev–Trinajstić information content (AvgIpc) is 2.74. The molecule has 0 aliphatic carbocycles. The maximum atomic E-state index is 11.3. The van der Waals surface area contributed by atoms with Crippen molar-refractivity contribution in [2.24, 2.45) is 0 Å². The van der Waals surface area contributed by atoms with Gasteiger partial charge in [-0.05, 0) is 37.9 Å². The second-order valence-electron chi connectivity index (χ2n) is 8.07. The second-order valence-corrected chi connectivity index (χ2v) is 8.07. The number of benzene rings is 1. The summed E-state index contributed by atoms with van der Waals surface area (Å²) in [5, 5.41) is 11.3. The number of ether oxygens (including phenoxy) is 1. The molecule has 0 radical (unpaired) electrons. The summed E-state index contributed by atoms with van der Waals surface area (Å²) < 4.78 is 5.44. The zero-order valence-electron chi connectivity index (χ0n) is 16.7. The van der Waals surface area contributed by atoms with Crippen molar-refractivity contribution in [1.29, 1.82) is 0 Å². The summed E-state index contributed by atoms with van der Waals surface area (Å²) in [6.07, 6.45) is 5.19. The Hall–Kier alpha value is -1.96.